The van der Waals surface area contributed by atoms with Gasteiger partial charge < -0.3 is 10.6 Å². The van der Waals surface area contributed by atoms with Crippen molar-refractivity contribution in [3.05, 3.63) is 29.3 Å². The molecule has 1 amide bonds. The average Bonchev–Trinajstić information content (AvgIpc) is 2.76. The van der Waals surface area contributed by atoms with Crippen LogP contribution in [0.3, 0.4) is 0 Å². The Kier molecular flexibility index (Phi) is 4.88. The summed E-state index contributed by atoms with van der Waals surface area (Å²) in [6.45, 7) is 5.11. The molecule has 2 rings (SSSR count). The lowest BCUT2D eigenvalue weighted by Gasteiger charge is -2.14. The number of hydrogen-bond acceptors (Lipinski definition) is 4. The Labute approximate surface area is 126 Å². The molecule has 1 aromatic carbocycles. The summed E-state index contributed by atoms with van der Waals surface area (Å²) in [7, 11) is -2.89. The first-order chi connectivity index (χ1) is 9.91. The predicted octanol–water partition coefficient (Wildman–Crippen LogP) is 1.59. The van der Waals surface area contributed by atoms with Crippen molar-refractivity contribution in [3.63, 3.8) is 0 Å². The molecule has 1 heterocycles. The molecule has 1 fully saturated rings. The highest BCUT2D eigenvalue weighted by Crippen LogP contribution is 2.19. The van der Waals surface area contributed by atoms with E-state index >= 15 is 0 Å². The van der Waals surface area contributed by atoms with Crippen LogP contribution in [0.4, 0.5) is 5.69 Å². The Morgan fingerprint density at radius 3 is 2.76 bits per heavy atom. The fourth-order valence-corrected chi connectivity index (χ4v) is 4.42. The van der Waals surface area contributed by atoms with Crippen molar-refractivity contribution in [2.45, 2.75) is 20.3 Å². The first-order valence-corrected chi connectivity index (χ1v) is 9.06. The van der Waals surface area contributed by atoms with E-state index in [1.165, 1.54) is 0 Å². The second kappa shape index (κ2) is 6.47. The quantitative estimate of drug-likeness (QED) is 0.866. The monoisotopic (exact) mass is 310 g/mol. The average molecular weight is 310 g/mol. The molecule has 1 aromatic rings. The van der Waals surface area contributed by atoms with Crippen LogP contribution < -0.4 is 10.6 Å². The van der Waals surface area contributed by atoms with Crippen LogP contribution in [0, 0.1) is 12.8 Å². The summed E-state index contributed by atoms with van der Waals surface area (Å²) in [6, 6.07) is 5.64. The number of benzene rings is 1. The fraction of sp³-hybridized carbons (Fsp3) is 0.533. The van der Waals surface area contributed by atoms with E-state index in [1.54, 1.807) is 6.07 Å². The summed E-state index contributed by atoms with van der Waals surface area (Å²) >= 11 is 0. The van der Waals surface area contributed by atoms with Gasteiger partial charge in [-0.3, -0.25) is 4.79 Å². The number of anilines is 1. The summed E-state index contributed by atoms with van der Waals surface area (Å²) in [4.78, 5) is 12.3. The zero-order valence-electron chi connectivity index (χ0n) is 12.5. The van der Waals surface area contributed by atoms with Gasteiger partial charge in [0.15, 0.2) is 9.84 Å². The molecule has 0 aromatic heterocycles. The van der Waals surface area contributed by atoms with E-state index in [-0.39, 0.29) is 23.3 Å². The van der Waals surface area contributed by atoms with Crippen LogP contribution in [-0.4, -0.2) is 38.9 Å². The summed E-state index contributed by atoms with van der Waals surface area (Å²) in [5, 5.41) is 6.04. The minimum atomic E-state index is -2.89. The van der Waals surface area contributed by atoms with E-state index in [9.17, 15) is 13.2 Å². The maximum Gasteiger partial charge on any atom is 0.253 e. The zero-order valence-corrected chi connectivity index (χ0v) is 13.3. The first kappa shape index (κ1) is 15.8. The topological polar surface area (TPSA) is 75.3 Å². The highest BCUT2D eigenvalue weighted by Gasteiger charge is 2.28. The number of hydrogen-bond donors (Lipinski definition) is 2. The van der Waals surface area contributed by atoms with E-state index in [0.29, 0.717) is 18.5 Å². The van der Waals surface area contributed by atoms with Gasteiger partial charge in [0.2, 0.25) is 0 Å². The van der Waals surface area contributed by atoms with Crippen LogP contribution in [0.5, 0.6) is 0 Å². The molecular weight excluding hydrogens is 288 g/mol. The highest BCUT2D eigenvalue weighted by atomic mass is 32.2. The lowest BCUT2D eigenvalue weighted by molar-refractivity contribution is 0.0949. The number of sulfone groups is 1. The van der Waals surface area contributed by atoms with Gasteiger partial charge in [-0.05, 0) is 43.9 Å². The number of aryl methyl sites for hydroxylation is 1. The van der Waals surface area contributed by atoms with Crippen LogP contribution in [0.1, 0.15) is 29.3 Å². The third-order valence-corrected chi connectivity index (χ3v) is 5.50. The highest BCUT2D eigenvalue weighted by molar-refractivity contribution is 7.91. The Hall–Kier alpha value is -1.56. The van der Waals surface area contributed by atoms with Gasteiger partial charge in [0.05, 0.1) is 17.1 Å². The number of amides is 1. The smallest absolute Gasteiger partial charge is 0.253 e. The van der Waals surface area contributed by atoms with Crippen LogP contribution in [0.15, 0.2) is 18.2 Å². The second-order valence-electron chi connectivity index (χ2n) is 5.56. The molecule has 6 heteroatoms. The minimum absolute atomic E-state index is 0.0342. The molecule has 1 atom stereocenters. The minimum Gasteiger partial charge on any atom is -0.385 e. The predicted molar refractivity (Wildman–Crippen MR) is 84.4 cm³/mol. The van der Waals surface area contributed by atoms with Crippen LogP contribution in [0.25, 0.3) is 0 Å². The van der Waals surface area contributed by atoms with Crippen molar-refractivity contribution in [2.24, 2.45) is 5.92 Å². The molecule has 1 aliphatic heterocycles. The maximum atomic E-state index is 12.3. The summed E-state index contributed by atoms with van der Waals surface area (Å²) in [5.41, 5.74) is 2.50. The van der Waals surface area contributed by atoms with Gasteiger partial charge in [-0.25, -0.2) is 8.42 Å². The molecule has 2 N–H and O–H groups in total. The Morgan fingerprint density at radius 1 is 1.38 bits per heavy atom. The molecule has 0 saturated carbocycles. The molecule has 116 valence electrons. The van der Waals surface area contributed by atoms with Crippen molar-refractivity contribution in [3.8, 4) is 0 Å². The molecule has 0 aliphatic carbocycles. The van der Waals surface area contributed by atoms with Crippen LogP contribution in [0.2, 0.25) is 0 Å². The van der Waals surface area contributed by atoms with Crippen molar-refractivity contribution in [2.75, 3.05) is 29.9 Å². The second-order valence-corrected chi connectivity index (χ2v) is 7.79. The Balaban J connectivity index is 2.00. The van der Waals surface area contributed by atoms with Gasteiger partial charge >= 0.3 is 0 Å². The molecule has 0 bridgehead atoms. The van der Waals surface area contributed by atoms with Gasteiger partial charge in [0, 0.05) is 18.8 Å². The van der Waals surface area contributed by atoms with Crippen molar-refractivity contribution in [1.82, 2.24) is 5.32 Å². The number of carbonyl (C=O) groups is 1. The van der Waals surface area contributed by atoms with E-state index in [1.807, 2.05) is 26.0 Å². The fourth-order valence-electron chi connectivity index (χ4n) is 2.56. The van der Waals surface area contributed by atoms with Gasteiger partial charge in [-0.1, -0.05) is 6.07 Å². The van der Waals surface area contributed by atoms with E-state index in [0.717, 1.165) is 17.8 Å². The van der Waals surface area contributed by atoms with Gasteiger partial charge in [-0.2, -0.15) is 0 Å². The summed E-state index contributed by atoms with van der Waals surface area (Å²) in [5.74, 6) is 0.296. The van der Waals surface area contributed by atoms with E-state index < -0.39 is 9.84 Å². The zero-order chi connectivity index (χ0) is 15.5. The lowest BCUT2D eigenvalue weighted by Crippen LogP contribution is -2.30. The molecule has 1 aliphatic rings. The molecule has 0 radical (unpaired) electrons. The largest absolute Gasteiger partial charge is 0.385 e. The van der Waals surface area contributed by atoms with Crippen molar-refractivity contribution in [1.29, 1.82) is 0 Å². The first-order valence-electron chi connectivity index (χ1n) is 7.24. The molecule has 1 unspecified atom stereocenters. The van der Waals surface area contributed by atoms with Crippen LogP contribution >= 0.6 is 0 Å². The standard InChI is InChI=1S/C15H22N2O3S/c1-3-16-14-8-11(2)4-5-13(14)15(18)17-9-12-6-7-21(19,20)10-12/h4-5,8,12,16H,3,6-7,9-10H2,1-2H3,(H,17,18). The maximum absolute atomic E-state index is 12.3. The van der Waals surface area contributed by atoms with E-state index in [4.69, 9.17) is 0 Å². The van der Waals surface area contributed by atoms with Crippen molar-refractivity contribution >= 4 is 21.4 Å². The normalized spacial score (nSPS) is 20.2. The molecule has 0 spiro atoms. The van der Waals surface area contributed by atoms with E-state index in [2.05, 4.69) is 10.6 Å². The molecular formula is C15H22N2O3S. The van der Waals surface area contributed by atoms with Crippen molar-refractivity contribution < 1.29 is 13.2 Å². The van der Waals surface area contributed by atoms with Gasteiger partial charge in [0.1, 0.15) is 0 Å². The number of carbonyl (C=O) groups excluding carboxylic acids is 1. The van der Waals surface area contributed by atoms with Crippen LogP contribution in [-0.2, 0) is 9.84 Å². The van der Waals surface area contributed by atoms with Gasteiger partial charge in [-0.15, -0.1) is 0 Å². The lowest BCUT2D eigenvalue weighted by atomic mass is 10.1. The third-order valence-electron chi connectivity index (χ3n) is 3.66. The SMILES string of the molecule is CCNc1cc(C)ccc1C(=O)NCC1CCS(=O)(=O)C1. The molecule has 21 heavy (non-hydrogen) atoms. The molecule has 1 saturated heterocycles. The number of rotatable bonds is 5. The summed E-state index contributed by atoms with van der Waals surface area (Å²) in [6.07, 6.45) is 0.635. The number of nitrogens with one attached hydrogen (secondary N) is 2. The van der Waals surface area contributed by atoms with Gasteiger partial charge in [0.25, 0.3) is 5.91 Å². The Morgan fingerprint density at radius 2 is 2.14 bits per heavy atom. The Bertz CT molecular complexity index is 626. The third kappa shape index (κ3) is 4.20. The summed E-state index contributed by atoms with van der Waals surface area (Å²) < 4.78 is 22.8. The molecule has 5 nitrogen and oxygen atoms in total.